The van der Waals surface area contributed by atoms with Gasteiger partial charge in [-0.15, -0.1) is 0 Å². The highest BCUT2D eigenvalue weighted by molar-refractivity contribution is 6.30. The average Bonchev–Trinajstić information content (AvgIpc) is 2.87. The number of hydrogen-bond acceptors (Lipinski definition) is 3. The number of fused-ring (bicyclic) bond motifs is 1. The summed E-state index contributed by atoms with van der Waals surface area (Å²) in [6, 6.07) is 13.5. The molecule has 0 saturated carbocycles. The van der Waals surface area contributed by atoms with E-state index in [1.807, 2.05) is 12.1 Å². The molecule has 0 aliphatic heterocycles. The van der Waals surface area contributed by atoms with Gasteiger partial charge in [0.05, 0.1) is 18.4 Å². The van der Waals surface area contributed by atoms with Crippen LogP contribution in [0.3, 0.4) is 0 Å². The van der Waals surface area contributed by atoms with Crippen LogP contribution in [0.5, 0.6) is 17.2 Å². The third kappa shape index (κ3) is 2.37. The Kier molecular flexibility index (Phi) is 3.05. The monoisotopic (exact) mass is 273 g/mol. The highest BCUT2D eigenvalue weighted by atomic mass is 35.5. The van der Waals surface area contributed by atoms with Crippen LogP contribution in [0.2, 0.25) is 5.02 Å². The maximum absolute atomic E-state index is 5.88. The van der Waals surface area contributed by atoms with Crippen LogP contribution >= 0.6 is 11.6 Å². The molecule has 3 nitrogen and oxygen atoms in total. The summed E-state index contributed by atoms with van der Waals surface area (Å²) in [5.41, 5.74) is 0.671. The van der Waals surface area contributed by atoms with E-state index in [0.29, 0.717) is 27.9 Å². The first-order chi connectivity index (χ1) is 9.26. The minimum absolute atomic E-state index is 0.496. The molecule has 0 aliphatic carbocycles. The molecule has 0 atom stereocenters. The minimum Gasteiger partial charge on any atom is -0.497 e. The number of furan rings is 1. The van der Waals surface area contributed by atoms with E-state index in [2.05, 4.69) is 6.07 Å². The first-order valence-electron chi connectivity index (χ1n) is 5.66. The highest BCUT2D eigenvalue weighted by Crippen LogP contribution is 2.35. The molecular formula is C15H10ClO3. The number of rotatable bonds is 3. The van der Waals surface area contributed by atoms with E-state index in [1.165, 1.54) is 0 Å². The molecule has 0 unspecified atom stereocenters. The normalized spacial score (nSPS) is 10.6. The molecule has 95 valence electrons. The lowest BCUT2D eigenvalue weighted by Crippen LogP contribution is -1.88. The molecule has 0 saturated heterocycles. The maximum atomic E-state index is 5.88. The predicted octanol–water partition coefficient (Wildman–Crippen LogP) is 4.69. The van der Waals surface area contributed by atoms with Crippen LogP contribution in [0.4, 0.5) is 0 Å². The topological polar surface area (TPSA) is 31.6 Å². The van der Waals surface area contributed by atoms with Gasteiger partial charge in [0.2, 0.25) is 0 Å². The summed E-state index contributed by atoms with van der Waals surface area (Å²) in [7, 11) is 1.61. The lowest BCUT2D eigenvalue weighted by Gasteiger charge is -2.08. The van der Waals surface area contributed by atoms with Gasteiger partial charge in [-0.3, -0.25) is 0 Å². The van der Waals surface area contributed by atoms with E-state index in [9.17, 15) is 0 Å². The molecule has 1 radical (unpaired) electrons. The summed E-state index contributed by atoms with van der Waals surface area (Å²) in [6.07, 6.45) is 1.61. The second kappa shape index (κ2) is 4.86. The number of benzene rings is 2. The largest absolute Gasteiger partial charge is 0.497 e. The standard InChI is InChI=1S/C15H10ClO3/c1-17-13-7-10-5-6-18-15(10)14(9-13)19-12-4-2-3-11(16)8-12/h2,4-9H,1H3. The minimum atomic E-state index is 0.496. The summed E-state index contributed by atoms with van der Waals surface area (Å²) < 4.78 is 16.5. The summed E-state index contributed by atoms with van der Waals surface area (Å²) in [4.78, 5) is 0. The van der Waals surface area contributed by atoms with Crippen molar-refractivity contribution in [3.63, 3.8) is 0 Å². The van der Waals surface area contributed by atoms with Crippen LogP contribution in [0, 0.1) is 6.07 Å². The first-order valence-corrected chi connectivity index (χ1v) is 6.04. The Morgan fingerprint density at radius 1 is 1.16 bits per heavy atom. The van der Waals surface area contributed by atoms with Crippen molar-refractivity contribution < 1.29 is 13.9 Å². The number of ether oxygens (including phenoxy) is 2. The van der Waals surface area contributed by atoms with Gasteiger partial charge in [0.1, 0.15) is 11.5 Å². The Hall–Kier alpha value is -2.13. The van der Waals surface area contributed by atoms with Crippen molar-refractivity contribution in [2.75, 3.05) is 7.11 Å². The molecule has 0 spiro atoms. The molecule has 19 heavy (non-hydrogen) atoms. The second-order valence-electron chi connectivity index (χ2n) is 3.94. The lowest BCUT2D eigenvalue weighted by molar-refractivity contribution is 0.409. The average molecular weight is 274 g/mol. The van der Waals surface area contributed by atoms with Gasteiger partial charge < -0.3 is 13.9 Å². The molecule has 2 aromatic carbocycles. The zero-order valence-electron chi connectivity index (χ0n) is 10.1. The van der Waals surface area contributed by atoms with E-state index < -0.39 is 0 Å². The third-order valence-corrected chi connectivity index (χ3v) is 2.91. The Bertz CT molecular complexity index is 718. The molecule has 3 rings (SSSR count). The Morgan fingerprint density at radius 2 is 2.05 bits per heavy atom. The Labute approximate surface area is 115 Å². The quantitative estimate of drug-likeness (QED) is 0.694. The summed E-state index contributed by atoms with van der Waals surface area (Å²) in [6.45, 7) is 0. The van der Waals surface area contributed by atoms with E-state index >= 15 is 0 Å². The fourth-order valence-electron chi connectivity index (χ4n) is 1.82. The molecule has 3 aromatic rings. The van der Waals surface area contributed by atoms with Crippen LogP contribution < -0.4 is 9.47 Å². The van der Waals surface area contributed by atoms with Crippen molar-refractivity contribution in [2.45, 2.75) is 0 Å². The molecular weight excluding hydrogens is 264 g/mol. The molecule has 0 fully saturated rings. The molecule has 1 aromatic heterocycles. The first kappa shape index (κ1) is 11.9. The van der Waals surface area contributed by atoms with Crippen LogP contribution in [0.1, 0.15) is 0 Å². The van der Waals surface area contributed by atoms with Crippen LogP contribution in [-0.2, 0) is 0 Å². The maximum Gasteiger partial charge on any atom is 0.176 e. The summed E-state index contributed by atoms with van der Waals surface area (Å²) in [5, 5.41) is 1.42. The van der Waals surface area contributed by atoms with Gasteiger partial charge in [-0.1, -0.05) is 11.6 Å². The third-order valence-electron chi connectivity index (χ3n) is 2.69. The van der Waals surface area contributed by atoms with Crippen molar-refractivity contribution >= 4 is 22.6 Å². The molecule has 0 bridgehead atoms. The van der Waals surface area contributed by atoms with Crippen molar-refractivity contribution in [2.24, 2.45) is 0 Å². The van der Waals surface area contributed by atoms with Crippen LogP contribution in [0.15, 0.2) is 47.1 Å². The van der Waals surface area contributed by atoms with Gasteiger partial charge in [-0.05, 0) is 24.3 Å². The number of methoxy groups -OCH3 is 1. The second-order valence-corrected chi connectivity index (χ2v) is 4.35. The SMILES string of the molecule is COc1cc(Oc2cc[c]c(Cl)c2)c2occc2c1. The number of halogens is 1. The zero-order chi connectivity index (χ0) is 13.2. The number of hydrogen-bond donors (Lipinski definition) is 0. The van der Waals surface area contributed by atoms with Crippen molar-refractivity contribution in [1.29, 1.82) is 0 Å². The summed E-state index contributed by atoms with van der Waals surface area (Å²) in [5.74, 6) is 1.91. The van der Waals surface area contributed by atoms with Gasteiger partial charge >= 0.3 is 0 Å². The van der Waals surface area contributed by atoms with E-state index in [-0.39, 0.29) is 0 Å². The smallest absolute Gasteiger partial charge is 0.176 e. The predicted molar refractivity (Wildman–Crippen MR) is 73.1 cm³/mol. The zero-order valence-corrected chi connectivity index (χ0v) is 10.9. The van der Waals surface area contributed by atoms with Crippen molar-refractivity contribution in [1.82, 2.24) is 0 Å². The fourth-order valence-corrected chi connectivity index (χ4v) is 2.00. The van der Waals surface area contributed by atoms with Crippen LogP contribution in [-0.4, -0.2) is 7.11 Å². The van der Waals surface area contributed by atoms with Crippen LogP contribution in [0.25, 0.3) is 11.0 Å². The van der Waals surface area contributed by atoms with E-state index in [4.69, 9.17) is 25.5 Å². The molecule has 0 N–H and O–H groups in total. The van der Waals surface area contributed by atoms with Crippen molar-refractivity contribution in [3.05, 3.63) is 53.8 Å². The highest BCUT2D eigenvalue weighted by Gasteiger charge is 2.10. The van der Waals surface area contributed by atoms with Gasteiger partial charge in [0, 0.05) is 23.6 Å². The molecule has 0 amide bonds. The van der Waals surface area contributed by atoms with Gasteiger partial charge in [-0.25, -0.2) is 0 Å². The van der Waals surface area contributed by atoms with Gasteiger partial charge in [0.25, 0.3) is 0 Å². The van der Waals surface area contributed by atoms with E-state index in [0.717, 1.165) is 5.39 Å². The fraction of sp³-hybridized carbons (Fsp3) is 0.0667. The van der Waals surface area contributed by atoms with Gasteiger partial charge in [-0.2, -0.15) is 0 Å². The van der Waals surface area contributed by atoms with Gasteiger partial charge in [0.15, 0.2) is 11.3 Å². The Morgan fingerprint density at radius 3 is 2.84 bits per heavy atom. The van der Waals surface area contributed by atoms with Crippen molar-refractivity contribution in [3.8, 4) is 17.2 Å². The Balaban J connectivity index is 2.06. The summed E-state index contributed by atoms with van der Waals surface area (Å²) >= 11 is 5.88. The van der Waals surface area contributed by atoms with E-state index in [1.54, 1.807) is 37.6 Å². The molecule has 4 heteroatoms. The molecule has 0 aliphatic rings. The molecule has 1 heterocycles. The lowest BCUT2D eigenvalue weighted by atomic mass is 10.2.